The Morgan fingerprint density at radius 1 is 1.18 bits per heavy atom. The topological polar surface area (TPSA) is 38.3 Å². The van der Waals surface area contributed by atoms with E-state index in [0.29, 0.717) is 17.9 Å². The van der Waals surface area contributed by atoms with Gasteiger partial charge in [-0.3, -0.25) is 4.79 Å². The zero-order chi connectivity index (χ0) is 15.9. The molecule has 0 aliphatic rings. The van der Waals surface area contributed by atoms with E-state index < -0.39 is 0 Å². The summed E-state index contributed by atoms with van der Waals surface area (Å²) in [6, 6.07) is 14.0. The van der Waals surface area contributed by atoms with Gasteiger partial charge in [0.1, 0.15) is 24.0 Å². The maximum absolute atomic E-state index is 13.5. The highest BCUT2D eigenvalue weighted by Gasteiger charge is 2.06. The monoisotopic (exact) mass is 301 g/mol. The first-order valence-corrected chi connectivity index (χ1v) is 7.25. The third-order valence-electron chi connectivity index (χ3n) is 3.50. The van der Waals surface area contributed by atoms with Gasteiger partial charge in [-0.25, -0.2) is 4.39 Å². The molecule has 0 saturated heterocycles. The molecule has 2 aromatic carbocycles. The highest BCUT2D eigenvalue weighted by molar-refractivity contribution is 5.80. The average Bonchev–Trinajstić information content (AvgIpc) is 2.52. The van der Waals surface area contributed by atoms with E-state index in [1.54, 1.807) is 25.1 Å². The molecule has 1 N–H and O–H groups in total. The predicted molar refractivity (Wildman–Crippen MR) is 84.2 cm³/mol. The van der Waals surface area contributed by atoms with Crippen LogP contribution < -0.4 is 10.1 Å². The van der Waals surface area contributed by atoms with E-state index in [1.165, 1.54) is 6.07 Å². The number of rotatable bonds is 7. The van der Waals surface area contributed by atoms with Crippen molar-refractivity contribution in [3.8, 4) is 5.75 Å². The van der Waals surface area contributed by atoms with Crippen molar-refractivity contribution in [3.05, 3.63) is 65.5 Å². The molecule has 0 aromatic heterocycles. The molecular weight excluding hydrogens is 281 g/mol. The van der Waals surface area contributed by atoms with Crippen LogP contribution in [-0.2, 0) is 17.9 Å². The Balaban J connectivity index is 1.87. The van der Waals surface area contributed by atoms with Gasteiger partial charge in [-0.1, -0.05) is 30.3 Å². The molecule has 2 aromatic rings. The zero-order valence-corrected chi connectivity index (χ0v) is 12.8. The van der Waals surface area contributed by atoms with Gasteiger partial charge in [-0.2, -0.15) is 0 Å². The summed E-state index contributed by atoms with van der Waals surface area (Å²) in [4.78, 5) is 11.2. The van der Waals surface area contributed by atoms with Crippen molar-refractivity contribution in [2.24, 2.45) is 0 Å². The van der Waals surface area contributed by atoms with Gasteiger partial charge in [0.25, 0.3) is 0 Å². The minimum atomic E-state index is -0.262. The molecule has 1 atom stereocenters. The molecule has 0 amide bonds. The second-order valence-electron chi connectivity index (χ2n) is 5.24. The van der Waals surface area contributed by atoms with Crippen molar-refractivity contribution in [3.63, 3.8) is 0 Å². The molecule has 0 unspecified atom stereocenters. The van der Waals surface area contributed by atoms with Crippen LogP contribution in [0.25, 0.3) is 0 Å². The number of ketones is 1. The van der Waals surface area contributed by atoms with Gasteiger partial charge < -0.3 is 10.1 Å². The third kappa shape index (κ3) is 4.67. The summed E-state index contributed by atoms with van der Waals surface area (Å²) in [5.74, 6) is 0.540. The lowest BCUT2D eigenvalue weighted by atomic mass is 10.2. The molecule has 2 rings (SSSR count). The van der Waals surface area contributed by atoms with Crippen molar-refractivity contribution >= 4 is 5.78 Å². The van der Waals surface area contributed by atoms with Gasteiger partial charge in [-0.05, 0) is 37.6 Å². The maximum atomic E-state index is 13.5. The van der Waals surface area contributed by atoms with Crippen LogP contribution in [-0.4, -0.2) is 11.8 Å². The largest absolute Gasteiger partial charge is 0.489 e. The molecule has 0 aliphatic carbocycles. The first-order valence-electron chi connectivity index (χ1n) is 7.25. The molecule has 0 spiro atoms. The number of Topliss-reactive ketones (excluding diaryl/α,β-unsaturated/α-hetero) is 1. The van der Waals surface area contributed by atoms with E-state index in [2.05, 4.69) is 5.32 Å². The van der Waals surface area contributed by atoms with Crippen LogP contribution in [0.5, 0.6) is 5.75 Å². The molecule has 22 heavy (non-hydrogen) atoms. The van der Waals surface area contributed by atoms with Crippen molar-refractivity contribution in [2.45, 2.75) is 33.0 Å². The quantitative estimate of drug-likeness (QED) is 0.851. The molecule has 0 fully saturated rings. The second kappa shape index (κ2) is 7.71. The highest BCUT2D eigenvalue weighted by Crippen LogP contribution is 2.15. The van der Waals surface area contributed by atoms with Gasteiger partial charge in [0.2, 0.25) is 0 Å². The van der Waals surface area contributed by atoms with Crippen LogP contribution >= 0.6 is 0 Å². The Kier molecular flexibility index (Phi) is 5.67. The number of ether oxygens (including phenoxy) is 1. The fraction of sp³-hybridized carbons (Fsp3) is 0.278. The standard InChI is InChI=1S/C18H20FNO2/c1-13(14(2)21)20-11-15-7-9-17(10-8-15)22-12-16-5-3-4-6-18(16)19/h3-10,13,20H,11-12H2,1-2H3/t13-/m0/s1. The van der Waals surface area contributed by atoms with Crippen LogP contribution in [0.4, 0.5) is 4.39 Å². The molecule has 116 valence electrons. The van der Waals surface area contributed by atoms with E-state index >= 15 is 0 Å². The van der Waals surface area contributed by atoms with E-state index in [1.807, 2.05) is 31.2 Å². The molecule has 0 radical (unpaired) electrons. The summed E-state index contributed by atoms with van der Waals surface area (Å²) < 4.78 is 19.1. The van der Waals surface area contributed by atoms with Crippen molar-refractivity contribution in [1.82, 2.24) is 5.32 Å². The van der Waals surface area contributed by atoms with Crippen LogP contribution in [0.3, 0.4) is 0 Å². The molecule has 0 heterocycles. The Morgan fingerprint density at radius 2 is 1.86 bits per heavy atom. The van der Waals surface area contributed by atoms with Crippen molar-refractivity contribution in [1.29, 1.82) is 0 Å². The zero-order valence-electron chi connectivity index (χ0n) is 12.8. The summed E-state index contributed by atoms with van der Waals surface area (Å²) in [6.45, 7) is 4.23. The second-order valence-corrected chi connectivity index (χ2v) is 5.24. The van der Waals surface area contributed by atoms with E-state index in [9.17, 15) is 9.18 Å². The minimum Gasteiger partial charge on any atom is -0.489 e. The van der Waals surface area contributed by atoms with Gasteiger partial charge >= 0.3 is 0 Å². The lowest BCUT2D eigenvalue weighted by molar-refractivity contribution is -0.118. The Hall–Kier alpha value is -2.20. The van der Waals surface area contributed by atoms with Crippen molar-refractivity contribution in [2.75, 3.05) is 0 Å². The van der Waals surface area contributed by atoms with Crippen LogP contribution in [0, 0.1) is 5.82 Å². The number of halogens is 1. The lowest BCUT2D eigenvalue weighted by Crippen LogP contribution is -2.31. The minimum absolute atomic E-state index is 0.116. The Labute approximate surface area is 130 Å². The smallest absolute Gasteiger partial charge is 0.146 e. The van der Waals surface area contributed by atoms with E-state index in [-0.39, 0.29) is 24.2 Å². The molecule has 4 heteroatoms. The predicted octanol–water partition coefficient (Wildman–Crippen LogP) is 3.47. The summed E-state index contributed by atoms with van der Waals surface area (Å²) in [5, 5.41) is 3.14. The number of hydrogen-bond acceptors (Lipinski definition) is 3. The fourth-order valence-electron chi connectivity index (χ4n) is 1.89. The molecule has 0 aliphatic heterocycles. The maximum Gasteiger partial charge on any atom is 0.146 e. The summed E-state index contributed by atoms with van der Waals surface area (Å²) in [5.41, 5.74) is 1.59. The summed E-state index contributed by atoms with van der Waals surface area (Å²) in [6.07, 6.45) is 0. The third-order valence-corrected chi connectivity index (χ3v) is 3.50. The average molecular weight is 301 g/mol. The first kappa shape index (κ1) is 16.2. The summed E-state index contributed by atoms with van der Waals surface area (Å²) >= 11 is 0. The number of nitrogens with one attached hydrogen (secondary N) is 1. The normalized spacial score (nSPS) is 12.0. The molecule has 0 bridgehead atoms. The number of carbonyl (C=O) groups is 1. The SMILES string of the molecule is CC(=O)[C@H](C)NCc1ccc(OCc2ccccc2F)cc1. The molecule has 0 saturated carbocycles. The number of benzene rings is 2. The fourth-order valence-corrected chi connectivity index (χ4v) is 1.89. The lowest BCUT2D eigenvalue weighted by Gasteiger charge is -2.11. The molecule has 3 nitrogen and oxygen atoms in total. The summed E-state index contributed by atoms with van der Waals surface area (Å²) in [7, 11) is 0. The Morgan fingerprint density at radius 3 is 2.50 bits per heavy atom. The van der Waals surface area contributed by atoms with E-state index in [0.717, 1.165) is 5.56 Å². The van der Waals surface area contributed by atoms with Crippen LogP contribution in [0.1, 0.15) is 25.0 Å². The highest BCUT2D eigenvalue weighted by atomic mass is 19.1. The first-order chi connectivity index (χ1) is 10.6. The van der Waals surface area contributed by atoms with Gasteiger partial charge in [0.15, 0.2) is 0 Å². The number of hydrogen-bond donors (Lipinski definition) is 1. The Bertz CT molecular complexity index is 625. The van der Waals surface area contributed by atoms with Crippen LogP contribution in [0.15, 0.2) is 48.5 Å². The van der Waals surface area contributed by atoms with Gasteiger partial charge in [0.05, 0.1) is 6.04 Å². The van der Waals surface area contributed by atoms with Crippen molar-refractivity contribution < 1.29 is 13.9 Å². The van der Waals surface area contributed by atoms with E-state index in [4.69, 9.17) is 4.74 Å². The van der Waals surface area contributed by atoms with Gasteiger partial charge in [-0.15, -0.1) is 0 Å². The van der Waals surface area contributed by atoms with Crippen LogP contribution in [0.2, 0.25) is 0 Å². The number of carbonyl (C=O) groups excluding carboxylic acids is 1. The molecular formula is C18H20FNO2. The van der Waals surface area contributed by atoms with Gasteiger partial charge in [0, 0.05) is 12.1 Å².